The van der Waals surface area contributed by atoms with Crippen LogP contribution in [0.5, 0.6) is 5.75 Å². The minimum absolute atomic E-state index is 0.0285. The number of hydrogen-bond donors (Lipinski definition) is 10. The van der Waals surface area contributed by atoms with E-state index in [1.807, 2.05) is 58.2 Å². The summed E-state index contributed by atoms with van der Waals surface area (Å²) in [7, 11) is 6.21. The minimum atomic E-state index is -1.11. The molecular formula is C107H149N17O25S. The Kier molecular flexibility index (Phi) is 50.9. The van der Waals surface area contributed by atoms with Gasteiger partial charge in [0.15, 0.2) is 5.78 Å². The fourth-order valence-corrected chi connectivity index (χ4v) is 18.8. The van der Waals surface area contributed by atoms with Crippen molar-refractivity contribution in [2.24, 2.45) is 52.9 Å². The number of anilines is 2. The van der Waals surface area contributed by atoms with Gasteiger partial charge in [0.05, 0.1) is 46.7 Å². The van der Waals surface area contributed by atoms with Crippen molar-refractivity contribution >= 4 is 135 Å². The average molecular weight is 2110 g/mol. The molecule has 12 N–H and O–H groups in total. The molecule has 818 valence electrons. The van der Waals surface area contributed by atoms with E-state index >= 15 is 0 Å². The zero-order valence-corrected chi connectivity index (χ0v) is 89.2. The highest BCUT2D eigenvalue weighted by molar-refractivity contribution is 7.09. The number of imide groups is 2. The van der Waals surface area contributed by atoms with E-state index in [1.165, 1.54) is 79.0 Å². The Bertz CT molecular complexity index is 5400. The summed E-state index contributed by atoms with van der Waals surface area (Å²) in [5.41, 5.74) is 13.2. The van der Waals surface area contributed by atoms with Crippen LogP contribution in [0.2, 0.25) is 0 Å². The summed E-state index contributed by atoms with van der Waals surface area (Å²) in [6.07, 6.45) is 10.4. The number of rotatable bonds is 61. The number of urea groups is 2. The summed E-state index contributed by atoms with van der Waals surface area (Å²) < 4.78 is 28.1. The highest BCUT2D eigenvalue weighted by Crippen LogP contribution is 2.35. The maximum atomic E-state index is 14.9. The van der Waals surface area contributed by atoms with Gasteiger partial charge in [0.1, 0.15) is 48.9 Å². The Hall–Kier alpha value is -14.2. The zero-order valence-electron chi connectivity index (χ0n) is 88.4. The third kappa shape index (κ3) is 39.4. The number of carbonyl (C=O) groups excluding carboxylic acids is 18. The number of unbranched alkanes of at least 4 members (excludes halogenated alkanes) is 4. The van der Waals surface area contributed by atoms with Crippen molar-refractivity contribution in [3.63, 3.8) is 0 Å². The van der Waals surface area contributed by atoms with Gasteiger partial charge in [0.2, 0.25) is 47.3 Å². The molecule has 3 aliphatic heterocycles. The lowest BCUT2D eigenvalue weighted by Crippen LogP contribution is -2.60. The molecule has 1 saturated heterocycles. The van der Waals surface area contributed by atoms with Gasteiger partial charge in [-0.3, -0.25) is 91.9 Å². The number of non-ortho nitro benzene ring substituents is 1. The zero-order chi connectivity index (χ0) is 111. The molecule has 3 aliphatic rings. The third-order valence-electron chi connectivity index (χ3n) is 26.6. The number of nitrogens with two attached hydrogens (primary N) is 2. The lowest BCUT2D eigenvalue weighted by Gasteiger charge is -2.41. The van der Waals surface area contributed by atoms with E-state index in [9.17, 15) is 96.4 Å². The number of likely N-dealkylation sites (N-methyl/N-ethyl adjacent to an activating group) is 2. The number of amides is 17. The third-order valence-corrected chi connectivity index (χ3v) is 27.5. The molecule has 0 spiro atoms. The maximum absolute atomic E-state index is 14.9. The number of ketones is 2. The van der Waals surface area contributed by atoms with Gasteiger partial charge in [-0.05, 0) is 153 Å². The monoisotopic (exact) mass is 2100 g/mol. The van der Waals surface area contributed by atoms with Gasteiger partial charge in [-0.25, -0.2) is 24.2 Å². The molecule has 0 aliphatic carbocycles. The van der Waals surface area contributed by atoms with Crippen molar-refractivity contribution in [1.82, 2.24) is 61.4 Å². The second-order valence-electron chi connectivity index (χ2n) is 39.2. The molecule has 1 aromatic heterocycles. The van der Waals surface area contributed by atoms with E-state index in [4.69, 9.17) is 35.2 Å². The molecule has 150 heavy (non-hydrogen) atoms. The largest absolute Gasteiger partial charge is 0.514 e. The molecule has 4 aromatic carbocycles. The number of methoxy groups -OCH3 is 2. The van der Waals surface area contributed by atoms with Crippen LogP contribution in [0.15, 0.2) is 139 Å². The molecule has 0 radical (unpaired) electrons. The Morgan fingerprint density at radius 1 is 0.547 bits per heavy atom. The van der Waals surface area contributed by atoms with Crippen molar-refractivity contribution in [1.29, 1.82) is 0 Å². The first-order valence-corrected chi connectivity index (χ1v) is 51.9. The van der Waals surface area contributed by atoms with Crippen molar-refractivity contribution in [3.8, 4) is 5.75 Å². The number of primary amides is 2. The van der Waals surface area contributed by atoms with Crippen LogP contribution in [0.4, 0.5) is 36.2 Å². The molecular weight excluding hydrogens is 1960 g/mol. The minimum Gasteiger partial charge on any atom is -0.445 e. The highest BCUT2D eigenvalue weighted by Gasteiger charge is 2.45. The number of ether oxygens (including phenoxy) is 5. The lowest BCUT2D eigenvalue weighted by atomic mass is 9.85. The van der Waals surface area contributed by atoms with Crippen LogP contribution >= 0.6 is 11.3 Å². The number of likely N-dealkylation sites (tertiary alicyclic amines) is 1. The summed E-state index contributed by atoms with van der Waals surface area (Å²) in [6, 6.07) is 20.2. The Morgan fingerprint density at radius 2 is 1.07 bits per heavy atom. The SMILES string of the molecule is CC(C)[C@H](NC(=O)CCCCCN1C(=O)C=CC1=O)C(=O)C[C@@H](CCCNC(N)=O)C(=O)Nc1ccc(COC(=O)Oc2ccc([N+](=O)[O-])cc2)cc1.CC[C@H](C)[C@@H]([C@@H](CC(=O)N1CCC[C@H]1[C@H](OC)[C@@H](C)C(=O)C[C@@H](Cc1ccccc1)c1nccs1)OC)N(C)C(=O)[C@@H](NC(=O)[C@H](C(C)C)N(C)C(=O)OCc1ccc(NC(=O)[C@H](CCCNC(N)=O)NC(=O)[C@@H](NC(=O)CCCCCN2C(=O)C=CC2=O)C(C)C)cc1)C(C)C. The second-order valence-corrected chi connectivity index (χ2v) is 40.1. The predicted molar refractivity (Wildman–Crippen MR) is 559 cm³/mol. The van der Waals surface area contributed by atoms with Crippen molar-refractivity contribution in [2.75, 3.05) is 71.7 Å². The number of carbonyl (C=O) groups is 18. The number of nitrogens with zero attached hydrogens (tertiary/aromatic N) is 7. The fraction of sp³-hybridized carbons (Fsp3) is 0.542. The molecule has 0 saturated carbocycles. The van der Waals surface area contributed by atoms with E-state index in [2.05, 4.69) is 59.7 Å². The van der Waals surface area contributed by atoms with Crippen LogP contribution in [0.3, 0.4) is 0 Å². The molecule has 1 fully saturated rings. The topological polar surface area (TPSA) is 574 Å². The van der Waals surface area contributed by atoms with Crippen LogP contribution in [0, 0.1) is 51.5 Å². The molecule has 4 heterocycles. The fourth-order valence-electron chi connectivity index (χ4n) is 18.1. The number of hydrogen-bond acceptors (Lipinski definition) is 27. The number of nitro benzene ring substituents is 1. The van der Waals surface area contributed by atoms with Gasteiger partial charge in [-0.1, -0.05) is 150 Å². The first kappa shape index (κ1) is 123. The number of benzene rings is 4. The van der Waals surface area contributed by atoms with E-state index in [0.29, 0.717) is 93.3 Å². The van der Waals surface area contributed by atoms with Crippen LogP contribution in [0.1, 0.15) is 219 Å². The van der Waals surface area contributed by atoms with Gasteiger partial charge in [0.25, 0.3) is 29.3 Å². The highest BCUT2D eigenvalue weighted by atomic mass is 32.1. The number of Topliss-reactive ketones (excluding diaryl/α,β-unsaturated/α-hetero) is 2. The summed E-state index contributed by atoms with van der Waals surface area (Å²) in [5.74, 6) is -8.33. The van der Waals surface area contributed by atoms with Gasteiger partial charge in [0, 0.05) is 164 Å². The smallest absolute Gasteiger partial charge is 0.445 e. The van der Waals surface area contributed by atoms with Crippen LogP contribution in [-0.2, 0) is 106 Å². The molecule has 43 heteroatoms. The molecule has 17 amide bonds. The summed E-state index contributed by atoms with van der Waals surface area (Å²) in [4.78, 5) is 256. The molecule has 42 nitrogen and oxygen atoms in total. The number of nitro groups is 1. The quantitative estimate of drug-likeness (QED) is 0.00432. The Labute approximate surface area is 879 Å². The van der Waals surface area contributed by atoms with Crippen molar-refractivity contribution in [2.45, 2.75) is 272 Å². The molecule has 5 aromatic rings. The van der Waals surface area contributed by atoms with Crippen LogP contribution in [-0.4, -0.2) is 257 Å². The van der Waals surface area contributed by atoms with E-state index in [-0.39, 0.29) is 185 Å². The molecule has 13 atom stereocenters. The lowest BCUT2D eigenvalue weighted by molar-refractivity contribution is -0.384. The Balaban J connectivity index is 0.000000482. The van der Waals surface area contributed by atoms with Gasteiger partial charge in [-0.15, -0.1) is 11.3 Å². The Morgan fingerprint density at radius 3 is 1.57 bits per heavy atom. The summed E-state index contributed by atoms with van der Waals surface area (Å²) in [6.45, 7) is 21.0. The van der Waals surface area contributed by atoms with Crippen LogP contribution in [0.25, 0.3) is 0 Å². The van der Waals surface area contributed by atoms with Gasteiger partial charge in [-0.2, -0.15) is 0 Å². The van der Waals surface area contributed by atoms with Crippen LogP contribution < -0.4 is 58.7 Å². The number of thiazole rings is 1. The number of aromatic nitrogens is 1. The summed E-state index contributed by atoms with van der Waals surface area (Å²) >= 11 is 1.53. The normalized spacial score (nSPS) is 15.6. The average Bonchev–Trinajstić information content (AvgIpc) is 1.43. The van der Waals surface area contributed by atoms with E-state index < -0.39 is 131 Å². The van der Waals surface area contributed by atoms with Crippen molar-refractivity contribution < 1.29 is 115 Å². The van der Waals surface area contributed by atoms with Gasteiger partial charge < -0.3 is 87.5 Å². The van der Waals surface area contributed by atoms with E-state index in [1.54, 1.807) is 120 Å². The first-order chi connectivity index (χ1) is 71.3. The van der Waals surface area contributed by atoms with E-state index in [0.717, 1.165) is 26.8 Å². The first-order valence-electron chi connectivity index (χ1n) is 51.1. The molecule has 0 bridgehead atoms. The molecule has 8 rings (SSSR count). The standard InChI is InChI=1S/C71H105N11O14S.C36H44N6O11/c1-14-46(8)63(55(94-12)41-59(87)81-37-22-26-53(81)64(95-13)47(9)54(83)40-50(68-73-35-38-97-68)39-48-23-17-15-18-24-48)79(10)69(91)61(44(4)5)78-67(90)62(45(6)7)80(11)71(93)96-42-49-28-30-51(31-29-49)75-65(88)52(25-21-34-74-70(72)92)76-66(89)60(43(2)3)77-56(84)27-19-16-20-36-82-57(85)32-33-58(82)86;1-23(2)33(40-30(44)8-4-3-5-20-41-31(45)17-18-32(41)46)29(43)21-25(7-6-19-38-35(37)48)34(47)39-26-11-9-24(10-12-26)22-52-36(49)53-28-15-13-27(14-16-28)42(50)51/h15,17-18,23-24,28-33,35,38,43-47,50,52-53,55,60-64H,14,16,19-22,25-27,34,36-37,39-42H2,1-13H3,(H,75,88)(H,76,89)(H,77,84)(H,78,90)(H3,72,74,92);9-18,23,25,33H,3-8,19-22H2,1-2H3,(H,39,47)(H,40,44)(H3,37,38,48)/t46-,47-,50+,52-,53-,55+,60-,61-,62-,63-,64+;25-,33+/m01/s1. The molecule has 0 unspecified atom stereocenters. The van der Waals surface area contributed by atoms with Gasteiger partial charge >= 0.3 is 24.3 Å². The summed E-state index contributed by atoms with van der Waals surface area (Å²) in [5, 5.41) is 35.4. The maximum Gasteiger partial charge on any atom is 0.514 e. The van der Waals surface area contributed by atoms with Crippen molar-refractivity contribution in [3.05, 3.63) is 171 Å². The predicted octanol–water partition coefficient (Wildman–Crippen LogP) is 11.2. The second kappa shape index (κ2) is 62.3. The number of nitrogens with one attached hydrogen (secondary N) is 8.